The molecule has 2 heterocycles. The minimum absolute atomic E-state index is 0.0964. The fourth-order valence-corrected chi connectivity index (χ4v) is 4.44. The number of nitrogens with zero attached hydrogens (tertiary/aromatic N) is 1. The Balaban J connectivity index is 1.90. The first-order valence-corrected chi connectivity index (χ1v) is 10.3. The molecule has 0 saturated carbocycles. The predicted octanol–water partition coefficient (Wildman–Crippen LogP) is 6.45. The zero-order valence-corrected chi connectivity index (χ0v) is 17.4. The number of nitrogens with one attached hydrogen (secondary N) is 1. The summed E-state index contributed by atoms with van der Waals surface area (Å²) < 4.78 is 44.1. The van der Waals surface area contributed by atoms with Crippen molar-refractivity contribution in [2.75, 3.05) is 6.54 Å². The van der Waals surface area contributed by atoms with Gasteiger partial charge in [0.2, 0.25) is 0 Å². The van der Waals surface area contributed by atoms with Gasteiger partial charge in [0.05, 0.1) is 18.1 Å². The van der Waals surface area contributed by atoms with Crippen LogP contribution in [0.3, 0.4) is 0 Å². The molecule has 2 unspecified atom stereocenters. The molecular weight excluding hydrogens is 429 g/mol. The van der Waals surface area contributed by atoms with Gasteiger partial charge in [-0.05, 0) is 42.7 Å². The van der Waals surface area contributed by atoms with Crippen molar-refractivity contribution in [3.8, 4) is 0 Å². The van der Waals surface area contributed by atoms with E-state index in [1.54, 1.807) is 6.07 Å². The van der Waals surface area contributed by atoms with Crippen LogP contribution in [0, 0.1) is 5.82 Å². The van der Waals surface area contributed by atoms with Gasteiger partial charge < -0.3 is 4.98 Å². The van der Waals surface area contributed by atoms with Crippen LogP contribution in [-0.4, -0.2) is 28.4 Å². The summed E-state index contributed by atoms with van der Waals surface area (Å²) in [5.41, 5.74) is 3.19. The number of alkyl halides is 2. The Kier molecular flexibility index (Phi) is 5.04. The van der Waals surface area contributed by atoms with Crippen LogP contribution < -0.4 is 0 Å². The van der Waals surface area contributed by atoms with Crippen LogP contribution >= 0.6 is 15.9 Å². The lowest BCUT2D eigenvalue weighted by molar-refractivity contribution is -0.0544. The molecule has 2 aromatic carbocycles. The zero-order valence-electron chi connectivity index (χ0n) is 15.8. The van der Waals surface area contributed by atoms with Crippen LogP contribution in [-0.2, 0) is 6.42 Å². The van der Waals surface area contributed by atoms with E-state index in [4.69, 9.17) is 0 Å². The second-order valence-electron chi connectivity index (χ2n) is 7.57. The van der Waals surface area contributed by atoms with Crippen LogP contribution in [0.5, 0.6) is 0 Å². The number of aromatic nitrogens is 1. The highest BCUT2D eigenvalue weighted by molar-refractivity contribution is 9.10. The average Bonchev–Trinajstić information content (AvgIpc) is 3.03. The van der Waals surface area contributed by atoms with Crippen molar-refractivity contribution in [1.82, 2.24) is 9.88 Å². The van der Waals surface area contributed by atoms with Crippen molar-refractivity contribution < 1.29 is 13.2 Å². The molecule has 1 aliphatic rings. The number of halogens is 4. The summed E-state index contributed by atoms with van der Waals surface area (Å²) in [6.45, 7) is 3.15. The molecule has 148 valence electrons. The summed E-state index contributed by atoms with van der Waals surface area (Å²) >= 11 is 3.43. The first kappa shape index (κ1) is 19.5. The minimum Gasteiger partial charge on any atom is -0.354 e. The van der Waals surface area contributed by atoms with Gasteiger partial charge in [-0.2, -0.15) is 0 Å². The molecule has 2 atom stereocenters. The number of hydrogen-bond acceptors (Lipinski definition) is 1. The van der Waals surface area contributed by atoms with Gasteiger partial charge >= 0.3 is 0 Å². The molecule has 0 fully saturated rings. The van der Waals surface area contributed by atoms with Crippen LogP contribution in [0.4, 0.5) is 13.2 Å². The van der Waals surface area contributed by atoms with Gasteiger partial charge in [-0.1, -0.05) is 47.1 Å². The Hall–Kier alpha value is -1.79. The van der Waals surface area contributed by atoms with E-state index in [0.717, 1.165) is 26.7 Å². The third kappa shape index (κ3) is 3.37. The highest BCUT2D eigenvalue weighted by Gasteiger charge is 2.41. The number of fused-ring (bicyclic) bond motifs is 3. The third-order valence-electron chi connectivity index (χ3n) is 5.71. The van der Waals surface area contributed by atoms with Crippen molar-refractivity contribution >= 4 is 26.8 Å². The molecular formula is C22H22BrF3N2. The molecule has 6 heteroatoms. The van der Waals surface area contributed by atoms with E-state index in [9.17, 15) is 13.2 Å². The van der Waals surface area contributed by atoms with Crippen molar-refractivity contribution in [1.29, 1.82) is 0 Å². The quantitative estimate of drug-likeness (QED) is 0.483. The highest BCUT2D eigenvalue weighted by Crippen LogP contribution is 2.42. The van der Waals surface area contributed by atoms with Gasteiger partial charge in [-0.3, -0.25) is 4.90 Å². The molecule has 0 bridgehead atoms. The number of benzene rings is 2. The highest BCUT2D eigenvalue weighted by atomic mass is 79.9. The van der Waals surface area contributed by atoms with Crippen molar-refractivity contribution in [2.45, 2.75) is 44.7 Å². The zero-order chi connectivity index (χ0) is 20.1. The summed E-state index contributed by atoms with van der Waals surface area (Å²) in [7, 11) is 0. The average molecular weight is 451 g/mol. The summed E-state index contributed by atoms with van der Waals surface area (Å²) in [6, 6.07) is 12.2. The van der Waals surface area contributed by atoms with Crippen LogP contribution in [0.1, 0.15) is 43.1 Å². The first-order chi connectivity index (χ1) is 13.3. The van der Waals surface area contributed by atoms with E-state index in [1.807, 2.05) is 42.2 Å². The lowest BCUT2D eigenvalue weighted by Gasteiger charge is -2.42. The van der Waals surface area contributed by atoms with Crippen molar-refractivity contribution in [3.05, 3.63) is 69.6 Å². The molecule has 0 aliphatic carbocycles. The normalized spacial score (nSPS) is 20.5. The van der Waals surface area contributed by atoms with E-state index >= 15 is 0 Å². The summed E-state index contributed by atoms with van der Waals surface area (Å²) in [4.78, 5) is 5.08. The second-order valence-corrected chi connectivity index (χ2v) is 8.48. The van der Waals surface area contributed by atoms with Gasteiger partial charge in [-0.15, -0.1) is 0 Å². The molecule has 4 rings (SSSR count). The van der Waals surface area contributed by atoms with E-state index in [2.05, 4.69) is 20.9 Å². The van der Waals surface area contributed by atoms with Crippen LogP contribution in [0.15, 0.2) is 46.9 Å². The maximum atomic E-state index is 14.4. The SMILES string of the molecule is CCC(F)(F)CN1C(C)Cc2c([nH]c3c(F)cccc23)C1c1ccc(Br)cc1. The van der Waals surface area contributed by atoms with E-state index in [-0.39, 0.29) is 30.9 Å². The third-order valence-corrected chi connectivity index (χ3v) is 6.24. The van der Waals surface area contributed by atoms with Crippen LogP contribution in [0.25, 0.3) is 10.9 Å². The molecule has 1 N–H and O–H groups in total. The molecule has 1 aliphatic heterocycles. The lowest BCUT2D eigenvalue weighted by Crippen LogP contribution is -2.48. The maximum absolute atomic E-state index is 14.4. The monoisotopic (exact) mass is 450 g/mol. The van der Waals surface area contributed by atoms with Crippen molar-refractivity contribution in [2.24, 2.45) is 0 Å². The number of hydrogen-bond donors (Lipinski definition) is 1. The topological polar surface area (TPSA) is 19.0 Å². The first-order valence-electron chi connectivity index (χ1n) is 9.48. The van der Waals surface area contributed by atoms with Gasteiger partial charge in [0.1, 0.15) is 5.82 Å². The van der Waals surface area contributed by atoms with Gasteiger partial charge in [0.25, 0.3) is 5.92 Å². The van der Waals surface area contributed by atoms with E-state index in [0.29, 0.717) is 11.9 Å². The summed E-state index contributed by atoms with van der Waals surface area (Å²) in [5, 5.41) is 0.839. The second kappa shape index (κ2) is 7.23. The Morgan fingerprint density at radius 2 is 1.89 bits per heavy atom. The Bertz CT molecular complexity index is 997. The number of aromatic amines is 1. The Morgan fingerprint density at radius 3 is 2.57 bits per heavy atom. The minimum atomic E-state index is -2.78. The molecule has 28 heavy (non-hydrogen) atoms. The molecule has 0 radical (unpaired) electrons. The molecule has 3 aromatic rings. The summed E-state index contributed by atoms with van der Waals surface area (Å²) in [5.74, 6) is -3.10. The maximum Gasteiger partial charge on any atom is 0.260 e. The standard InChI is InChI=1S/C22H22BrF3N2/c1-3-22(25,26)12-28-13(2)11-17-16-5-4-6-18(24)19(16)27-20(17)21(28)14-7-9-15(23)10-8-14/h4-10,13,21,27H,3,11-12H2,1-2H3. The molecule has 0 saturated heterocycles. The van der Waals surface area contributed by atoms with E-state index in [1.165, 1.54) is 13.0 Å². The fourth-order valence-electron chi connectivity index (χ4n) is 4.17. The molecule has 2 nitrogen and oxygen atoms in total. The molecule has 0 amide bonds. The van der Waals surface area contributed by atoms with Crippen molar-refractivity contribution in [3.63, 3.8) is 0 Å². The smallest absolute Gasteiger partial charge is 0.260 e. The summed E-state index contributed by atoms with van der Waals surface area (Å²) in [6.07, 6.45) is 0.392. The number of rotatable bonds is 4. The van der Waals surface area contributed by atoms with Crippen LogP contribution in [0.2, 0.25) is 0 Å². The Morgan fingerprint density at radius 1 is 1.18 bits per heavy atom. The number of H-pyrrole nitrogens is 1. The van der Waals surface area contributed by atoms with Gasteiger partial charge in [-0.25, -0.2) is 13.2 Å². The Labute approximate surface area is 170 Å². The molecule has 1 aromatic heterocycles. The van der Waals surface area contributed by atoms with Gasteiger partial charge in [0, 0.05) is 28.0 Å². The van der Waals surface area contributed by atoms with Gasteiger partial charge in [0.15, 0.2) is 0 Å². The fraction of sp³-hybridized carbons (Fsp3) is 0.364. The predicted molar refractivity (Wildman–Crippen MR) is 109 cm³/mol. The largest absolute Gasteiger partial charge is 0.354 e. The lowest BCUT2D eigenvalue weighted by atomic mass is 9.88. The molecule has 0 spiro atoms. The number of para-hydroxylation sites is 1. The van der Waals surface area contributed by atoms with E-state index < -0.39 is 5.92 Å².